The molecule has 1 radical (unpaired) electrons. The maximum absolute atomic E-state index is 8.49. The molecular weight excluding hydrogens is 925 g/mol. The molecule has 0 fully saturated rings. The molecule has 0 N–H and O–H groups in total. The van der Waals surface area contributed by atoms with Crippen molar-refractivity contribution in [3.63, 3.8) is 0 Å². The van der Waals surface area contributed by atoms with Gasteiger partial charge in [-0.15, -0.1) is 18.2 Å². The fraction of sp³-hybridized carbons (Fsp3) is 0.163. The standard InChI is InChI=1S/C31H20N3O.C18H24GeN.Ir/c1-20-17-18-25-24-13-8-14-26(29(24)35-31(25)32-20)30-33-27-15-5-6-16-28(27)34(30)23-12-7-11-22(19-23)21-9-3-2-4-10-21;1-13(2)16-11-18(15-9-7-14(3)8-10-15)20-12-17(16)19(4,5)6;/h2-13,15-19H,1H3;7-9,11-13H,1-6H3;/q2*-1;/i;3D3,13D;. The van der Waals surface area contributed by atoms with Gasteiger partial charge in [0, 0.05) is 36.9 Å². The first-order valence-electron chi connectivity index (χ1n) is 20.4. The van der Waals surface area contributed by atoms with Crippen LogP contribution < -0.4 is 4.40 Å². The summed E-state index contributed by atoms with van der Waals surface area (Å²) in [5, 5.41) is 2.01. The number of hydrogen-bond acceptors (Lipinski definition) is 4. The average Bonchev–Trinajstić information content (AvgIpc) is 3.79. The van der Waals surface area contributed by atoms with E-state index >= 15 is 0 Å². The third kappa shape index (κ3) is 7.79. The van der Waals surface area contributed by atoms with Gasteiger partial charge in [-0.3, -0.25) is 4.98 Å². The van der Waals surface area contributed by atoms with Crippen molar-refractivity contribution in [2.75, 3.05) is 0 Å². The Balaban J connectivity index is 0.000000193. The number of hydrogen-bond donors (Lipinski definition) is 0. The van der Waals surface area contributed by atoms with Crippen molar-refractivity contribution in [3.05, 3.63) is 163 Å². The molecule has 0 spiro atoms. The van der Waals surface area contributed by atoms with Crippen LogP contribution in [0.2, 0.25) is 17.3 Å². The summed E-state index contributed by atoms with van der Waals surface area (Å²) in [6.45, 7) is 3.63. The topological polar surface area (TPSA) is 56.7 Å². The molecule has 0 amide bonds. The zero-order valence-corrected chi connectivity index (χ0v) is 36.7. The first-order valence-corrected chi connectivity index (χ1v) is 25.8. The molecule has 0 aliphatic rings. The SMILES string of the molecule is Cc1ccc2c(n1)oc1c(-c3nc4ccccc4n3-c3cccc(-c4ccccc4)c3)[c-]ccc12.[2H]C([2H])([2H])c1c[c-]c(-c2cc(C([2H])(C)C)[c]([Ge]([CH3])([CH3])[CH3])cn2)cc1.[Ir]. The Labute approximate surface area is 351 Å². The van der Waals surface area contributed by atoms with Crippen LogP contribution in [0.5, 0.6) is 0 Å². The summed E-state index contributed by atoms with van der Waals surface area (Å²) in [5.74, 6) is 6.97. The Morgan fingerprint density at radius 1 is 0.804 bits per heavy atom. The van der Waals surface area contributed by atoms with E-state index in [-0.39, 0.29) is 25.7 Å². The summed E-state index contributed by atoms with van der Waals surface area (Å²) in [6, 6.07) is 48.5. The summed E-state index contributed by atoms with van der Waals surface area (Å²) < 4.78 is 40.5. The molecule has 4 aromatic heterocycles. The largest absolute Gasteiger partial charge is 0 e. The van der Waals surface area contributed by atoms with Crippen molar-refractivity contribution >= 4 is 50.8 Å². The zero-order chi connectivity index (χ0) is 41.7. The van der Waals surface area contributed by atoms with E-state index in [9.17, 15) is 0 Å². The summed E-state index contributed by atoms with van der Waals surface area (Å²) in [7, 11) is 0. The van der Waals surface area contributed by atoms with Crippen LogP contribution in [0.4, 0.5) is 0 Å². The van der Waals surface area contributed by atoms with Crippen LogP contribution in [0, 0.1) is 25.9 Å². The smallest absolute Gasteiger partial charge is 0 e. The predicted molar refractivity (Wildman–Crippen MR) is 231 cm³/mol. The first-order chi connectivity index (χ1) is 28.1. The number of para-hydroxylation sites is 2. The van der Waals surface area contributed by atoms with Crippen LogP contribution in [0.3, 0.4) is 0 Å². The molecule has 5 nitrogen and oxygen atoms in total. The van der Waals surface area contributed by atoms with Gasteiger partial charge in [0.2, 0.25) is 5.71 Å². The van der Waals surface area contributed by atoms with Gasteiger partial charge in [-0.25, -0.2) is 4.98 Å². The van der Waals surface area contributed by atoms with Crippen LogP contribution in [0.1, 0.15) is 42.0 Å². The van der Waals surface area contributed by atoms with Crippen LogP contribution in [-0.4, -0.2) is 32.8 Å². The van der Waals surface area contributed by atoms with Crippen molar-refractivity contribution in [2.24, 2.45) is 0 Å². The maximum Gasteiger partial charge on any atom is 0 e. The minimum atomic E-state index is -2.14. The minimum Gasteiger partial charge on any atom is 0 e. The molecule has 4 heterocycles. The summed E-state index contributed by atoms with van der Waals surface area (Å²) in [5.41, 5.74) is 11.2. The third-order valence-electron chi connectivity index (χ3n) is 9.77. The molecular formula is C49H44GeIrN4O-2. The van der Waals surface area contributed by atoms with Crippen molar-refractivity contribution in [1.29, 1.82) is 0 Å². The molecule has 0 unspecified atom stereocenters. The van der Waals surface area contributed by atoms with E-state index in [1.54, 1.807) is 12.1 Å². The van der Waals surface area contributed by atoms with Gasteiger partial charge in [0.25, 0.3) is 0 Å². The van der Waals surface area contributed by atoms with Gasteiger partial charge in [-0.05, 0) is 54.4 Å². The fourth-order valence-corrected chi connectivity index (χ4v) is 10.3. The van der Waals surface area contributed by atoms with Gasteiger partial charge in [0.1, 0.15) is 0 Å². The fourth-order valence-electron chi connectivity index (χ4n) is 6.99. The summed E-state index contributed by atoms with van der Waals surface area (Å²) in [4.78, 5) is 14.2. The number of nitrogens with zero attached hydrogens (tertiary/aromatic N) is 4. The van der Waals surface area contributed by atoms with Gasteiger partial charge in [0.05, 0.1) is 22.4 Å². The molecule has 0 aliphatic heterocycles. The predicted octanol–water partition coefficient (Wildman–Crippen LogP) is 12.3. The minimum absolute atomic E-state index is 0. The zero-order valence-electron chi connectivity index (χ0n) is 36.2. The number of benzene rings is 5. The second-order valence-corrected chi connectivity index (χ2v) is 25.6. The molecule has 281 valence electrons. The van der Waals surface area contributed by atoms with E-state index in [1.165, 1.54) is 16.0 Å². The second kappa shape index (κ2) is 16.1. The van der Waals surface area contributed by atoms with Gasteiger partial charge >= 0.3 is 131 Å². The molecule has 9 aromatic rings. The number of imidazole rings is 1. The number of pyridine rings is 2. The number of aryl methyl sites for hydroxylation is 2. The third-order valence-corrected chi connectivity index (χ3v) is 14.0. The van der Waals surface area contributed by atoms with Crippen LogP contribution in [-0.2, 0) is 20.1 Å². The normalized spacial score (nSPS) is 13.0. The number of furan rings is 1. The van der Waals surface area contributed by atoms with Crippen molar-refractivity contribution < 1.29 is 30.0 Å². The van der Waals surface area contributed by atoms with E-state index in [4.69, 9.17) is 14.9 Å². The monoisotopic (exact) mass is 975 g/mol. The van der Waals surface area contributed by atoms with Crippen molar-refractivity contribution in [1.82, 2.24) is 19.5 Å². The van der Waals surface area contributed by atoms with E-state index in [2.05, 4.69) is 105 Å². The molecule has 9 rings (SSSR count). The molecule has 0 aliphatic carbocycles. The molecule has 0 saturated carbocycles. The molecule has 0 saturated heterocycles. The molecule has 0 atom stereocenters. The quantitative estimate of drug-likeness (QED) is 0.123. The van der Waals surface area contributed by atoms with Gasteiger partial charge < -0.3 is 8.98 Å². The molecule has 0 bridgehead atoms. The summed E-state index contributed by atoms with van der Waals surface area (Å²) in [6.07, 6.45) is 1.91. The van der Waals surface area contributed by atoms with E-state index < -0.39 is 26.0 Å². The van der Waals surface area contributed by atoms with Crippen molar-refractivity contribution in [2.45, 2.75) is 50.8 Å². The van der Waals surface area contributed by atoms with Crippen molar-refractivity contribution in [3.8, 4) is 39.5 Å². The number of fused-ring (bicyclic) bond motifs is 4. The Bertz CT molecular complexity index is 2970. The van der Waals surface area contributed by atoms with Gasteiger partial charge in [0.15, 0.2) is 0 Å². The molecule has 56 heavy (non-hydrogen) atoms. The Kier molecular flexibility index (Phi) is 9.84. The first kappa shape index (κ1) is 34.1. The molecule has 7 heteroatoms. The van der Waals surface area contributed by atoms with Gasteiger partial charge in [-0.1, -0.05) is 65.5 Å². The average molecular weight is 974 g/mol. The van der Waals surface area contributed by atoms with Crippen LogP contribution in [0.25, 0.3) is 72.6 Å². The van der Waals surface area contributed by atoms with Crippen LogP contribution >= 0.6 is 0 Å². The van der Waals surface area contributed by atoms with Gasteiger partial charge in [-0.2, -0.15) is 0 Å². The number of aromatic nitrogens is 4. The Morgan fingerprint density at radius 2 is 1.59 bits per heavy atom. The van der Waals surface area contributed by atoms with E-state index in [1.807, 2.05) is 75.5 Å². The Hall–Kier alpha value is -5.14. The van der Waals surface area contributed by atoms with E-state index in [0.717, 1.165) is 72.5 Å². The maximum atomic E-state index is 8.49. The Morgan fingerprint density at radius 3 is 2.34 bits per heavy atom. The second-order valence-electron chi connectivity index (χ2n) is 15.0. The molecule has 5 aromatic carbocycles. The summed E-state index contributed by atoms with van der Waals surface area (Å²) >= 11 is -2.14. The number of rotatable bonds is 6. The van der Waals surface area contributed by atoms with E-state index in [0.29, 0.717) is 5.71 Å². The van der Waals surface area contributed by atoms with Crippen LogP contribution in [0.15, 0.2) is 138 Å².